The molecule has 0 bridgehead atoms. The van der Waals surface area contributed by atoms with Gasteiger partial charge in [-0.2, -0.15) is 0 Å². The molecule has 0 rings (SSSR count). The number of nitrogens with one attached hydrogen (secondary N) is 1. The largest absolute Gasteiger partial charge is 0.356 e. The van der Waals surface area contributed by atoms with E-state index in [1.165, 1.54) is 18.7 Å². The molecule has 0 aromatic heterocycles. The van der Waals surface area contributed by atoms with E-state index in [1.54, 1.807) is 13.8 Å². The van der Waals surface area contributed by atoms with E-state index in [1.807, 2.05) is 4.90 Å². The first kappa shape index (κ1) is 21.7. The summed E-state index contributed by atoms with van der Waals surface area (Å²) in [6.45, 7) is 10.6. The first-order valence-electron chi connectivity index (χ1n) is 8.17. The van der Waals surface area contributed by atoms with Crippen LogP contribution in [0.4, 0.5) is 0 Å². The zero-order valence-corrected chi connectivity index (χ0v) is 15.5. The van der Waals surface area contributed by atoms with Crippen LogP contribution >= 0.6 is 11.8 Å². The Balaban J connectivity index is 3.72. The molecule has 1 N–H and O–H groups in total. The highest BCUT2D eigenvalue weighted by Gasteiger charge is 2.08. The van der Waals surface area contributed by atoms with Gasteiger partial charge in [0, 0.05) is 39.2 Å². The number of carbonyl (C=O) groups excluding carboxylic acids is 3. The maximum Gasteiger partial charge on any atom is 0.219 e. The number of rotatable bonds is 12. The lowest BCUT2D eigenvalue weighted by atomic mass is 10.2. The van der Waals surface area contributed by atoms with E-state index in [0.717, 1.165) is 50.9 Å². The predicted octanol–water partition coefficient (Wildman–Crippen LogP) is 2.76. The summed E-state index contributed by atoms with van der Waals surface area (Å²) in [6, 6.07) is 0. The van der Waals surface area contributed by atoms with Gasteiger partial charge in [0.05, 0.1) is 0 Å². The first-order chi connectivity index (χ1) is 10.8. The molecule has 5 nitrogen and oxygen atoms in total. The Kier molecular flexibility index (Phi) is 12.4. The molecule has 0 saturated carbocycles. The number of nitrogens with zero attached hydrogens (tertiary/aromatic N) is 1. The molecule has 0 aliphatic carbocycles. The van der Waals surface area contributed by atoms with Gasteiger partial charge in [-0.1, -0.05) is 24.8 Å². The van der Waals surface area contributed by atoms with E-state index in [-0.39, 0.29) is 16.9 Å². The van der Waals surface area contributed by atoms with E-state index in [0.29, 0.717) is 12.1 Å². The maximum absolute atomic E-state index is 11.6. The first-order valence-corrected chi connectivity index (χ1v) is 9.15. The fraction of sp³-hybridized carbons (Fsp3) is 0.706. The highest BCUT2D eigenvalue weighted by molar-refractivity contribution is 8.14. The standard InChI is InChI=1S/C17H30N2O3S/c1-14(2)17(22)23-13-9-5-7-11-19(16(4)21)12-8-6-10-18-15(3)20/h1,5-13H2,2-4H3,(H,18,20). The second-order valence-electron chi connectivity index (χ2n) is 5.67. The highest BCUT2D eigenvalue weighted by Crippen LogP contribution is 2.12. The molecule has 0 aromatic carbocycles. The molecule has 0 aliphatic rings. The predicted molar refractivity (Wildman–Crippen MR) is 96.3 cm³/mol. The van der Waals surface area contributed by atoms with Crippen molar-refractivity contribution in [3.63, 3.8) is 0 Å². The summed E-state index contributed by atoms with van der Waals surface area (Å²) in [7, 11) is 0. The van der Waals surface area contributed by atoms with E-state index in [9.17, 15) is 14.4 Å². The summed E-state index contributed by atoms with van der Waals surface area (Å²) >= 11 is 1.32. The Labute approximate surface area is 144 Å². The van der Waals surface area contributed by atoms with Gasteiger partial charge in [-0.05, 0) is 38.2 Å². The van der Waals surface area contributed by atoms with Crippen LogP contribution in [0.3, 0.4) is 0 Å². The van der Waals surface area contributed by atoms with Crippen molar-refractivity contribution in [3.8, 4) is 0 Å². The number of hydrogen-bond acceptors (Lipinski definition) is 4. The summed E-state index contributed by atoms with van der Waals surface area (Å²) in [5.74, 6) is 0.885. The number of hydrogen-bond donors (Lipinski definition) is 1. The lowest BCUT2D eigenvalue weighted by Gasteiger charge is -2.21. The quantitative estimate of drug-likeness (QED) is 0.437. The van der Waals surface area contributed by atoms with Crippen LogP contribution in [0.25, 0.3) is 0 Å². The molecule has 0 radical (unpaired) electrons. The molecular weight excluding hydrogens is 312 g/mol. The SMILES string of the molecule is C=C(C)C(=O)SCCCCCN(CCCCNC(C)=O)C(C)=O. The summed E-state index contributed by atoms with van der Waals surface area (Å²) in [4.78, 5) is 35.6. The molecule has 2 amide bonds. The van der Waals surface area contributed by atoms with E-state index in [2.05, 4.69) is 11.9 Å². The summed E-state index contributed by atoms with van der Waals surface area (Å²) < 4.78 is 0. The number of thioether (sulfide) groups is 1. The summed E-state index contributed by atoms with van der Waals surface area (Å²) in [5, 5.41) is 2.82. The zero-order valence-electron chi connectivity index (χ0n) is 14.7. The molecule has 23 heavy (non-hydrogen) atoms. The van der Waals surface area contributed by atoms with E-state index in [4.69, 9.17) is 0 Å². The van der Waals surface area contributed by atoms with Gasteiger partial charge < -0.3 is 10.2 Å². The van der Waals surface area contributed by atoms with Crippen LogP contribution in [0.1, 0.15) is 52.9 Å². The Morgan fingerprint density at radius 2 is 1.57 bits per heavy atom. The van der Waals surface area contributed by atoms with Crippen LogP contribution in [0.2, 0.25) is 0 Å². The molecule has 0 spiro atoms. The topological polar surface area (TPSA) is 66.5 Å². The van der Waals surface area contributed by atoms with Crippen LogP contribution < -0.4 is 5.32 Å². The average Bonchev–Trinajstić information content (AvgIpc) is 2.47. The van der Waals surface area contributed by atoms with Crippen LogP contribution in [0.5, 0.6) is 0 Å². The van der Waals surface area contributed by atoms with Gasteiger partial charge >= 0.3 is 0 Å². The van der Waals surface area contributed by atoms with Gasteiger partial charge in [-0.3, -0.25) is 14.4 Å². The fourth-order valence-corrected chi connectivity index (χ4v) is 2.77. The minimum Gasteiger partial charge on any atom is -0.356 e. The molecule has 0 aromatic rings. The lowest BCUT2D eigenvalue weighted by Crippen LogP contribution is -2.31. The molecule has 0 aliphatic heterocycles. The summed E-state index contributed by atoms with van der Waals surface area (Å²) in [5.41, 5.74) is 0.594. The third kappa shape index (κ3) is 12.9. The smallest absolute Gasteiger partial charge is 0.219 e. The normalized spacial score (nSPS) is 10.2. The number of unbranched alkanes of at least 4 members (excludes halogenated alkanes) is 3. The van der Waals surface area contributed by atoms with Crippen LogP contribution in [0, 0.1) is 0 Å². The molecular formula is C17H30N2O3S. The van der Waals surface area contributed by atoms with Gasteiger partial charge in [0.1, 0.15) is 0 Å². The van der Waals surface area contributed by atoms with Crippen molar-refractivity contribution >= 4 is 28.7 Å². The van der Waals surface area contributed by atoms with Crippen molar-refractivity contribution < 1.29 is 14.4 Å². The van der Waals surface area contributed by atoms with Crippen LogP contribution in [-0.4, -0.2) is 47.2 Å². The van der Waals surface area contributed by atoms with Crippen molar-refractivity contribution in [2.45, 2.75) is 52.9 Å². The monoisotopic (exact) mass is 342 g/mol. The zero-order chi connectivity index (χ0) is 17.7. The average molecular weight is 343 g/mol. The third-order valence-electron chi connectivity index (χ3n) is 3.33. The fourth-order valence-electron chi connectivity index (χ4n) is 1.99. The molecule has 132 valence electrons. The molecule has 0 heterocycles. The minimum atomic E-state index is -0.0172. The molecule has 0 atom stereocenters. The van der Waals surface area contributed by atoms with E-state index >= 15 is 0 Å². The summed E-state index contributed by atoms with van der Waals surface area (Å²) in [6.07, 6.45) is 4.70. The van der Waals surface area contributed by atoms with Crippen molar-refractivity contribution in [1.29, 1.82) is 0 Å². The van der Waals surface area contributed by atoms with Crippen LogP contribution in [-0.2, 0) is 14.4 Å². The number of carbonyl (C=O) groups is 3. The third-order valence-corrected chi connectivity index (χ3v) is 4.43. The Morgan fingerprint density at radius 3 is 2.09 bits per heavy atom. The second-order valence-corrected chi connectivity index (χ2v) is 6.74. The van der Waals surface area contributed by atoms with Gasteiger partial charge in [-0.15, -0.1) is 0 Å². The molecule has 0 unspecified atom stereocenters. The van der Waals surface area contributed by atoms with Gasteiger partial charge in [-0.25, -0.2) is 0 Å². The lowest BCUT2D eigenvalue weighted by molar-refractivity contribution is -0.129. The van der Waals surface area contributed by atoms with Gasteiger partial charge in [0.25, 0.3) is 0 Å². The van der Waals surface area contributed by atoms with Crippen molar-refractivity contribution in [3.05, 3.63) is 12.2 Å². The minimum absolute atomic E-state index is 0.0172. The second kappa shape index (κ2) is 13.2. The number of amides is 2. The van der Waals surface area contributed by atoms with E-state index < -0.39 is 0 Å². The van der Waals surface area contributed by atoms with Gasteiger partial charge in [0.2, 0.25) is 16.9 Å². The molecule has 0 saturated heterocycles. The highest BCUT2D eigenvalue weighted by atomic mass is 32.2. The molecule has 0 fully saturated rings. The van der Waals surface area contributed by atoms with Crippen LogP contribution in [0.15, 0.2) is 12.2 Å². The Morgan fingerprint density at radius 1 is 0.957 bits per heavy atom. The Hall–Kier alpha value is -1.30. The molecule has 6 heteroatoms. The van der Waals surface area contributed by atoms with Gasteiger partial charge in [0.15, 0.2) is 0 Å². The Bertz CT molecular complexity index is 411. The van der Waals surface area contributed by atoms with Crippen molar-refractivity contribution in [2.75, 3.05) is 25.4 Å². The maximum atomic E-state index is 11.6. The van der Waals surface area contributed by atoms with Crippen molar-refractivity contribution in [2.24, 2.45) is 0 Å². The van der Waals surface area contributed by atoms with Crippen molar-refractivity contribution in [1.82, 2.24) is 10.2 Å².